The first-order valence-corrected chi connectivity index (χ1v) is 12.2. The van der Waals surface area contributed by atoms with Gasteiger partial charge in [-0.3, -0.25) is 4.79 Å². The smallest absolute Gasteiger partial charge is 0.341 e. The molecular weight excluding hydrogens is 474 g/mol. The van der Waals surface area contributed by atoms with Crippen LogP contribution >= 0.6 is 22.9 Å². The van der Waals surface area contributed by atoms with Crippen molar-refractivity contribution in [3.8, 4) is 22.6 Å². The van der Waals surface area contributed by atoms with Crippen molar-refractivity contribution in [2.45, 2.75) is 20.8 Å². The van der Waals surface area contributed by atoms with Crippen molar-refractivity contribution in [2.75, 3.05) is 25.1 Å². The average Bonchev–Trinajstić information content (AvgIpc) is 3.23. The highest BCUT2D eigenvalue weighted by atomic mass is 35.5. The van der Waals surface area contributed by atoms with Crippen LogP contribution in [0.1, 0.15) is 36.7 Å². The molecule has 0 saturated heterocycles. The lowest BCUT2D eigenvalue weighted by Gasteiger charge is -2.11. The van der Waals surface area contributed by atoms with Crippen molar-refractivity contribution in [3.63, 3.8) is 0 Å². The monoisotopic (exact) mass is 499 g/mol. The second-order valence-electron chi connectivity index (χ2n) is 6.98. The van der Waals surface area contributed by atoms with E-state index >= 15 is 0 Å². The second kappa shape index (κ2) is 12.3. The molecule has 0 fully saturated rings. The number of nitrogens with one attached hydrogen (secondary N) is 1. The quantitative estimate of drug-likeness (QED) is 0.248. The first-order valence-electron chi connectivity index (χ1n) is 10.9. The third-order valence-corrected chi connectivity index (χ3v) is 5.80. The van der Waals surface area contributed by atoms with Crippen molar-refractivity contribution in [2.24, 2.45) is 0 Å². The molecule has 34 heavy (non-hydrogen) atoms. The van der Waals surface area contributed by atoms with Gasteiger partial charge in [0.2, 0.25) is 5.91 Å². The Bertz CT molecular complexity index is 1170. The lowest BCUT2D eigenvalue weighted by molar-refractivity contribution is -0.111. The summed E-state index contributed by atoms with van der Waals surface area (Å²) >= 11 is 7.25. The van der Waals surface area contributed by atoms with Gasteiger partial charge in [0.05, 0.1) is 19.8 Å². The Balaban J connectivity index is 1.83. The summed E-state index contributed by atoms with van der Waals surface area (Å²) in [5, 5.41) is 5.63. The third kappa shape index (κ3) is 6.40. The van der Waals surface area contributed by atoms with Crippen molar-refractivity contribution in [1.29, 1.82) is 0 Å². The summed E-state index contributed by atoms with van der Waals surface area (Å²) in [6, 6.07) is 12.6. The highest BCUT2D eigenvalue weighted by Gasteiger charge is 2.22. The van der Waals surface area contributed by atoms with Crippen molar-refractivity contribution in [1.82, 2.24) is 0 Å². The Morgan fingerprint density at radius 1 is 0.971 bits per heavy atom. The lowest BCUT2D eigenvalue weighted by Crippen LogP contribution is -2.12. The van der Waals surface area contributed by atoms with E-state index in [2.05, 4.69) is 5.32 Å². The highest BCUT2D eigenvalue weighted by Crippen LogP contribution is 2.37. The molecule has 0 aliphatic heterocycles. The van der Waals surface area contributed by atoms with E-state index < -0.39 is 5.97 Å². The maximum Gasteiger partial charge on any atom is 0.341 e. The molecule has 1 amide bonds. The van der Waals surface area contributed by atoms with Crippen LogP contribution in [0, 0.1) is 0 Å². The Labute approximate surface area is 208 Å². The van der Waals surface area contributed by atoms with Crippen molar-refractivity contribution < 1.29 is 23.8 Å². The number of carbonyl (C=O) groups excluding carboxylic acids is 2. The van der Waals surface area contributed by atoms with Crippen LogP contribution in [0.5, 0.6) is 11.5 Å². The van der Waals surface area contributed by atoms with E-state index in [1.54, 1.807) is 25.1 Å². The summed E-state index contributed by atoms with van der Waals surface area (Å²) in [6.45, 7) is 6.79. The molecule has 2 aromatic carbocycles. The van der Waals surface area contributed by atoms with Crippen LogP contribution in [0.15, 0.2) is 53.9 Å². The number of ether oxygens (including phenoxy) is 3. The van der Waals surface area contributed by atoms with Crippen molar-refractivity contribution >= 4 is 45.9 Å². The number of thiophene rings is 1. The summed E-state index contributed by atoms with van der Waals surface area (Å²) < 4.78 is 16.4. The first kappa shape index (κ1) is 25.3. The van der Waals surface area contributed by atoms with Gasteiger partial charge in [0.1, 0.15) is 10.6 Å². The van der Waals surface area contributed by atoms with Crippen LogP contribution < -0.4 is 14.8 Å². The van der Waals surface area contributed by atoms with Crippen LogP contribution in [-0.4, -0.2) is 31.7 Å². The standard InChI is InChI=1S/C26H26ClNO5S/c1-4-31-21-13-7-17(15-22(21)32-5-2)8-14-23(29)28-25-24(26(30)33-6-3)20(16-34-25)18-9-11-19(27)12-10-18/h7-16H,4-6H2,1-3H3,(H,28,29). The highest BCUT2D eigenvalue weighted by molar-refractivity contribution is 7.15. The molecule has 1 heterocycles. The van der Waals surface area contributed by atoms with E-state index in [0.717, 1.165) is 11.1 Å². The number of amides is 1. The molecule has 0 bridgehead atoms. The first-order chi connectivity index (χ1) is 16.5. The molecule has 1 aromatic heterocycles. The third-order valence-electron chi connectivity index (χ3n) is 4.66. The summed E-state index contributed by atoms with van der Waals surface area (Å²) in [5.41, 5.74) is 2.57. The minimum Gasteiger partial charge on any atom is -0.490 e. The second-order valence-corrected chi connectivity index (χ2v) is 8.29. The zero-order valence-corrected chi connectivity index (χ0v) is 20.8. The zero-order chi connectivity index (χ0) is 24.5. The number of hydrogen-bond donors (Lipinski definition) is 1. The largest absolute Gasteiger partial charge is 0.490 e. The predicted molar refractivity (Wildman–Crippen MR) is 137 cm³/mol. The summed E-state index contributed by atoms with van der Waals surface area (Å²) in [4.78, 5) is 25.4. The van der Waals surface area contributed by atoms with Crippen LogP contribution in [0.4, 0.5) is 5.00 Å². The predicted octanol–water partition coefficient (Wildman–Crippen LogP) is 6.69. The van der Waals surface area contributed by atoms with E-state index in [1.807, 2.05) is 49.6 Å². The van der Waals surface area contributed by atoms with Gasteiger partial charge < -0.3 is 19.5 Å². The maximum absolute atomic E-state index is 12.7. The van der Waals surface area contributed by atoms with Crippen LogP contribution in [-0.2, 0) is 9.53 Å². The zero-order valence-electron chi connectivity index (χ0n) is 19.2. The minimum atomic E-state index is -0.499. The lowest BCUT2D eigenvalue weighted by atomic mass is 10.0. The van der Waals surface area contributed by atoms with Gasteiger partial charge in [0.15, 0.2) is 11.5 Å². The van der Waals surface area contributed by atoms with Gasteiger partial charge in [-0.15, -0.1) is 11.3 Å². The summed E-state index contributed by atoms with van der Waals surface area (Å²) in [6.07, 6.45) is 3.08. The molecule has 1 N–H and O–H groups in total. The minimum absolute atomic E-state index is 0.224. The molecule has 0 aliphatic rings. The van der Waals surface area contributed by atoms with E-state index in [9.17, 15) is 9.59 Å². The van der Waals surface area contributed by atoms with Crippen LogP contribution in [0.2, 0.25) is 5.02 Å². The van der Waals surface area contributed by atoms with E-state index in [-0.39, 0.29) is 12.5 Å². The Kier molecular flexibility index (Phi) is 9.13. The number of halogens is 1. The summed E-state index contributed by atoms with van der Waals surface area (Å²) in [5.74, 6) is 0.392. The topological polar surface area (TPSA) is 73.9 Å². The molecule has 178 valence electrons. The van der Waals surface area contributed by atoms with Crippen LogP contribution in [0.25, 0.3) is 17.2 Å². The fourth-order valence-corrected chi connectivity index (χ4v) is 4.28. The molecule has 0 radical (unpaired) electrons. The molecule has 0 spiro atoms. The fourth-order valence-electron chi connectivity index (χ4n) is 3.19. The molecule has 6 nitrogen and oxygen atoms in total. The van der Waals surface area contributed by atoms with E-state index in [1.165, 1.54) is 17.4 Å². The van der Waals surface area contributed by atoms with Crippen molar-refractivity contribution in [3.05, 3.63) is 70.1 Å². The molecule has 3 aromatic rings. The molecule has 0 unspecified atom stereocenters. The average molecular weight is 500 g/mol. The maximum atomic E-state index is 12.7. The number of hydrogen-bond acceptors (Lipinski definition) is 6. The number of carbonyl (C=O) groups is 2. The SMILES string of the molecule is CCOC(=O)c1c(-c2ccc(Cl)cc2)csc1NC(=O)C=Cc1ccc(OCC)c(OCC)c1. The van der Waals surface area contributed by atoms with Gasteiger partial charge in [-0.1, -0.05) is 29.8 Å². The molecule has 8 heteroatoms. The molecule has 0 aliphatic carbocycles. The van der Waals surface area contributed by atoms with Crippen LogP contribution in [0.3, 0.4) is 0 Å². The van der Waals surface area contributed by atoms with Gasteiger partial charge in [-0.05, 0) is 62.2 Å². The Morgan fingerprint density at radius 3 is 2.35 bits per heavy atom. The fraction of sp³-hybridized carbons (Fsp3) is 0.231. The number of benzene rings is 2. The van der Waals surface area contributed by atoms with Gasteiger partial charge >= 0.3 is 5.97 Å². The molecule has 3 rings (SSSR count). The van der Waals surface area contributed by atoms with E-state index in [4.69, 9.17) is 25.8 Å². The number of anilines is 1. The molecular formula is C26H26ClNO5S. The van der Waals surface area contributed by atoms with Gasteiger partial charge in [-0.2, -0.15) is 0 Å². The van der Waals surface area contributed by atoms with Gasteiger partial charge in [0.25, 0.3) is 0 Å². The Hall–Kier alpha value is -3.29. The normalized spacial score (nSPS) is 10.8. The Morgan fingerprint density at radius 2 is 1.68 bits per heavy atom. The van der Waals surface area contributed by atoms with E-state index in [0.29, 0.717) is 45.9 Å². The summed E-state index contributed by atoms with van der Waals surface area (Å²) in [7, 11) is 0. The number of rotatable bonds is 10. The van der Waals surface area contributed by atoms with Gasteiger partial charge in [-0.25, -0.2) is 4.79 Å². The molecule has 0 atom stereocenters. The van der Waals surface area contributed by atoms with Gasteiger partial charge in [0, 0.05) is 22.0 Å². The molecule has 0 saturated carbocycles. The number of esters is 1.